The van der Waals surface area contributed by atoms with Gasteiger partial charge in [-0.3, -0.25) is 4.79 Å². The molecule has 0 amide bonds. The third-order valence-electron chi connectivity index (χ3n) is 1.95. The summed E-state index contributed by atoms with van der Waals surface area (Å²) >= 11 is 4.99. The van der Waals surface area contributed by atoms with Gasteiger partial charge in [-0.05, 0) is 28.1 Å². The molecule has 0 saturated carbocycles. The molecule has 0 aliphatic rings. The van der Waals surface area contributed by atoms with Crippen LogP contribution in [0.3, 0.4) is 0 Å². The van der Waals surface area contributed by atoms with Crippen LogP contribution in [-0.2, 0) is 6.54 Å². The zero-order valence-electron chi connectivity index (χ0n) is 7.81. The van der Waals surface area contributed by atoms with Gasteiger partial charge in [0.2, 0.25) is 0 Å². The van der Waals surface area contributed by atoms with Crippen molar-refractivity contribution in [3.05, 3.63) is 49.5 Å². The van der Waals surface area contributed by atoms with Gasteiger partial charge in [-0.15, -0.1) is 11.3 Å². The smallest absolute Gasteiger partial charge is 0.250 e. The predicted molar refractivity (Wildman–Crippen MR) is 66.2 cm³/mol. The van der Waals surface area contributed by atoms with E-state index in [4.69, 9.17) is 5.73 Å². The lowest BCUT2D eigenvalue weighted by atomic mass is 10.4. The van der Waals surface area contributed by atoms with Gasteiger partial charge in [-0.25, -0.2) is 0 Å². The van der Waals surface area contributed by atoms with Crippen LogP contribution in [0.2, 0.25) is 0 Å². The molecule has 0 atom stereocenters. The number of hydrogen-bond donors (Lipinski definition) is 1. The summed E-state index contributed by atoms with van der Waals surface area (Å²) in [6, 6.07) is 5.10. The summed E-state index contributed by atoms with van der Waals surface area (Å²) < 4.78 is 2.65. The Bertz CT molecular complexity index is 532. The molecule has 5 heteroatoms. The molecule has 0 aliphatic carbocycles. The summed E-state index contributed by atoms with van der Waals surface area (Å²) in [7, 11) is 0. The van der Waals surface area contributed by atoms with E-state index in [-0.39, 0.29) is 5.56 Å². The molecule has 15 heavy (non-hydrogen) atoms. The second-order valence-corrected chi connectivity index (χ2v) is 5.07. The highest BCUT2D eigenvalue weighted by Gasteiger charge is 2.01. The summed E-state index contributed by atoms with van der Waals surface area (Å²) in [5.74, 6) is 0. The number of nitrogens with zero attached hydrogens (tertiary/aromatic N) is 1. The molecular formula is C10H9BrN2OS. The lowest BCUT2D eigenvalue weighted by Crippen LogP contribution is -2.18. The first-order chi connectivity index (χ1) is 7.15. The Labute approximate surface area is 99.3 Å². The second-order valence-electron chi connectivity index (χ2n) is 3.16. The molecule has 0 fully saturated rings. The molecule has 0 saturated heterocycles. The first-order valence-corrected chi connectivity index (χ1v) is 6.01. The van der Waals surface area contributed by atoms with Crippen molar-refractivity contribution in [3.8, 4) is 0 Å². The van der Waals surface area contributed by atoms with Crippen molar-refractivity contribution in [2.45, 2.75) is 6.54 Å². The van der Waals surface area contributed by atoms with Gasteiger partial charge in [0.15, 0.2) is 0 Å². The van der Waals surface area contributed by atoms with Crippen LogP contribution in [-0.4, -0.2) is 4.57 Å². The summed E-state index contributed by atoms with van der Waals surface area (Å²) in [4.78, 5) is 12.6. The van der Waals surface area contributed by atoms with Gasteiger partial charge in [-0.2, -0.15) is 0 Å². The number of thiophene rings is 1. The van der Waals surface area contributed by atoms with E-state index in [0.29, 0.717) is 12.2 Å². The standard InChI is InChI=1S/C10H9BrN2OS/c11-7-3-9(15-6-7)5-13-4-8(12)1-2-10(13)14/h1-4,6H,5,12H2. The normalized spacial score (nSPS) is 10.5. The van der Waals surface area contributed by atoms with E-state index in [2.05, 4.69) is 15.9 Å². The molecule has 0 radical (unpaired) electrons. The average Bonchev–Trinajstić information content (AvgIpc) is 2.58. The number of rotatable bonds is 2. The van der Waals surface area contributed by atoms with Gasteiger partial charge in [0, 0.05) is 32.7 Å². The third-order valence-corrected chi connectivity index (χ3v) is 3.64. The Morgan fingerprint density at radius 2 is 2.27 bits per heavy atom. The number of anilines is 1. The molecule has 0 spiro atoms. The van der Waals surface area contributed by atoms with Crippen molar-refractivity contribution in [1.82, 2.24) is 4.57 Å². The van der Waals surface area contributed by atoms with Gasteiger partial charge < -0.3 is 10.3 Å². The highest BCUT2D eigenvalue weighted by Crippen LogP contribution is 2.20. The molecule has 2 heterocycles. The summed E-state index contributed by atoms with van der Waals surface area (Å²) in [5, 5.41) is 1.99. The average molecular weight is 285 g/mol. The monoisotopic (exact) mass is 284 g/mol. The van der Waals surface area contributed by atoms with Crippen LogP contribution in [0.25, 0.3) is 0 Å². The number of halogens is 1. The Kier molecular flexibility index (Phi) is 2.93. The SMILES string of the molecule is Nc1ccc(=O)n(Cc2cc(Br)cs2)c1. The fourth-order valence-electron chi connectivity index (χ4n) is 1.28. The molecular weight excluding hydrogens is 276 g/mol. The van der Waals surface area contributed by atoms with Gasteiger partial charge >= 0.3 is 0 Å². The Morgan fingerprint density at radius 1 is 1.47 bits per heavy atom. The van der Waals surface area contributed by atoms with Gasteiger partial charge in [0.25, 0.3) is 5.56 Å². The number of pyridine rings is 1. The van der Waals surface area contributed by atoms with Crippen molar-refractivity contribution in [2.24, 2.45) is 0 Å². The fourth-order valence-corrected chi connectivity index (χ4v) is 2.73. The van der Waals surface area contributed by atoms with E-state index in [0.717, 1.165) is 9.35 Å². The van der Waals surface area contributed by atoms with Gasteiger partial charge in [0.05, 0.1) is 6.54 Å². The summed E-state index contributed by atoms with van der Waals surface area (Å²) in [6.45, 7) is 0.570. The number of aromatic nitrogens is 1. The van der Waals surface area contributed by atoms with E-state index in [1.165, 1.54) is 6.07 Å². The van der Waals surface area contributed by atoms with Crippen LogP contribution >= 0.6 is 27.3 Å². The van der Waals surface area contributed by atoms with E-state index in [1.807, 2.05) is 11.4 Å². The highest BCUT2D eigenvalue weighted by atomic mass is 79.9. The fraction of sp³-hybridized carbons (Fsp3) is 0.100. The van der Waals surface area contributed by atoms with Crippen LogP contribution in [0, 0.1) is 0 Å². The molecule has 2 N–H and O–H groups in total. The molecule has 0 aliphatic heterocycles. The zero-order chi connectivity index (χ0) is 10.8. The molecule has 0 bridgehead atoms. The Morgan fingerprint density at radius 3 is 2.93 bits per heavy atom. The van der Waals surface area contributed by atoms with Crippen LogP contribution in [0.1, 0.15) is 4.88 Å². The van der Waals surface area contributed by atoms with Crippen molar-refractivity contribution in [1.29, 1.82) is 0 Å². The summed E-state index contributed by atoms with van der Waals surface area (Å²) in [6.07, 6.45) is 1.66. The quantitative estimate of drug-likeness (QED) is 0.920. The van der Waals surface area contributed by atoms with Crippen molar-refractivity contribution in [2.75, 3.05) is 5.73 Å². The van der Waals surface area contributed by atoms with Gasteiger partial charge in [0.1, 0.15) is 0 Å². The van der Waals surface area contributed by atoms with E-state index >= 15 is 0 Å². The van der Waals surface area contributed by atoms with Crippen molar-refractivity contribution in [3.63, 3.8) is 0 Å². The topological polar surface area (TPSA) is 48.0 Å². The largest absolute Gasteiger partial charge is 0.398 e. The number of nitrogens with two attached hydrogens (primary N) is 1. The third kappa shape index (κ3) is 2.49. The van der Waals surface area contributed by atoms with E-state index < -0.39 is 0 Å². The maximum absolute atomic E-state index is 11.5. The van der Waals surface area contributed by atoms with Crippen LogP contribution in [0.5, 0.6) is 0 Å². The minimum absolute atomic E-state index is 0.0336. The van der Waals surface area contributed by atoms with Crippen molar-refractivity contribution >= 4 is 33.0 Å². The molecule has 0 unspecified atom stereocenters. The van der Waals surface area contributed by atoms with Gasteiger partial charge in [-0.1, -0.05) is 0 Å². The summed E-state index contributed by atoms with van der Waals surface area (Å²) in [5.41, 5.74) is 6.19. The van der Waals surface area contributed by atoms with Crippen LogP contribution < -0.4 is 11.3 Å². The van der Waals surface area contributed by atoms with Crippen LogP contribution in [0.4, 0.5) is 5.69 Å². The lowest BCUT2D eigenvalue weighted by Gasteiger charge is -2.03. The number of hydrogen-bond acceptors (Lipinski definition) is 3. The minimum atomic E-state index is -0.0336. The second kappa shape index (κ2) is 4.20. The predicted octanol–water partition coefficient (Wildman–Crippen LogP) is 2.30. The molecule has 2 rings (SSSR count). The maximum atomic E-state index is 11.5. The molecule has 2 aromatic rings. The number of nitrogen functional groups attached to an aromatic ring is 1. The Hall–Kier alpha value is -1.07. The van der Waals surface area contributed by atoms with Crippen LogP contribution in [0.15, 0.2) is 39.0 Å². The first kappa shape index (κ1) is 10.4. The molecule has 78 valence electrons. The van der Waals surface area contributed by atoms with Crippen molar-refractivity contribution < 1.29 is 0 Å². The molecule has 3 nitrogen and oxygen atoms in total. The zero-order valence-corrected chi connectivity index (χ0v) is 10.2. The maximum Gasteiger partial charge on any atom is 0.250 e. The lowest BCUT2D eigenvalue weighted by molar-refractivity contribution is 0.772. The van der Waals surface area contributed by atoms with E-state index in [9.17, 15) is 4.79 Å². The molecule has 0 aromatic carbocycles. The first-order valence-electron chi connectivity index (χ1n) is 4.34. The molecule has 2 aromatic heterocycles. The van der Waals surface area contributed by atoms with E-state index in [1.54, 1.807) is 28.2 Å². The minimum Gasteiger partial charge on any atom is -0.398 e. The Balaban J connectivity index is 2.31. The highest BCUT2D eigenvalue weighted by molar-refractivity contribution is 9.10.